The number of benzene rings is 2. The van der Waals surface area contributed by atoms with Crippen molar-refractivity contribution in [3.05, 3.63) is 93.8 Å². The summed E-state index contributed by atoms with van der Waals surface area (Å²) in [5, 5.41) is 12.1. The molecule has 9 heteroatoms. The molecule has 1 N–H and O–H groups in total. The Bertz CT molecular complexity index is 1160. The number of hydrogen-bond acceptors (Lipinski definition) is 4. The summed E-state index contributed by atoms with van der Waals surface area (Å²) in [6, 6.07) is 18.6. The SMILES string of the molecule is O=C(Nc1nn(Cc2ccccc2Cl)cc1Br)c1ccn(COc2ccccc2)n1. The van der Waals surface area contributed by atoms with Crippen LogP contribution in [0.25, 0.3) is 0 Å². The van der Waals surface area contributed by atoms with Crippen LogP contribution in [-0.4, -0.2) is 25.5 Å². The van der Waals surface area contributed by atoms with Crippen molar-refractivity contribution >= 4 is 39.3 Å². The van der Waals surface area contributed by atoms with E-state index in [1.807, 2.05) is 54.6 Å². The number of hydrogen-bond donors (Lipinski definition) is 1. The van der Waals surface area contributed by atoms with Crippen LogP contribution in [0.5, 0.6) is 5.75 Å². The minimum absolute atomic E-state index is 0.202. The average Bonchev–Trinajstić information content (AvgIpc) is 3.36. The van der Waals surface area contributed by atoms with E-state index < -0.39 is 0 Å². The minimum atomic E-state index is -0.364. The van der Waals surface area contributed by atoms with Crippen molar-refractivity contribution in [2.75, 3.05) is 5.32 Å². The molecular weight excluding hydrogens is 470 g/mol. The molecule has 4 aromatic rings. The quantitative estimate of drug-likeness (QED) is 0.406. The first kappa shape index (κ1) is 20.2. The lowest BCUT2D eigenvalue weighted by atomic mass is 10.2. The van der Waals surface area contributed by atoms with Gasteiger partial charge in [-0.2, -0.15) is 10.2 Å². The molecule has 2 aromatic heterocycles. The first-order chi connectivity index (χ1) is 14.6. The summed E-state index contributed by atoms with van der Waals surface area (Å²) in [5.41, 5.74) is 1.20. The number of rotatable bonds is 7. The Labute approximate surface area is 186 Å². The highest BCUT2D eigenvalue weighted by Gasteiger charge is 2.15. The third kappa shape index (κ3) is 4.90. The van der Waals surface area contributed by atoms with Gasteiger partial charge in [-0.15, -0.1) is 0 Å². The summed E-state index contributed by atoms with van der Waals surface area (Å²) in [6.45, 7) is 0.688. The van der Waals surface area contributed by atoms with E-state index in [1.165, 1.54) is 0 Å². The van der Waals surface area contributed by atoms with E-state index in [1.54, 1.807) is 27.8 Å². The molecule has 4 rings (SSSR count). The number of para-hydroxylation sites is 1. The maximum atomic E-state index is 12.6. The van der Waals surface area contributed by atoms with E-state index in [2.05, 4.69) is 31.4 Å². The fourth-order valence-corrected chi connectivity index (χ4v) is 3.36. The summed E-state index contributed by atoms with van der Waals surface area (Å²) in [7, 11) is 0. The van der Waals surface area contributed by atoms with E-state index >= 15 is 0 Å². The molecule has 0 aliphatic carbocycles. The van der Waals surface area contributed by atoms with Crippen LogP contribution in [0.1, 0.15) is 16.1 Å². The Morgan fingerprint density at radius 1 is 1.03 bits per heavy atom. The van der Waals surface area contributed by atoms with Crippen LogP contribution in [0.4, 0.5) is 5.82 Å². The molecule has 0 saturated heterocycles. The molecule has 0 bridgehead atoms. The molecule has 152 valence electrons. The van der Waals surface area contributed by atoms with Gasteiger partial charge in [-0.1, -0.05) is 48.0 Å². The molecule has 30 heavy (non-hydrogen) atoms. The molecule has 0 aliphatic heterocycles. The van der Waals surface area contributed by atoms with Crippen LogP contribution < -0.4 is 10.1 Å². The Morgan fingerprint density at radius 2 is 1.80 bits per heavy atom. The Hall–Kier alpha value is -3.10. The molecular formula is C21H17BrClN5O2. The number of carbonyl (C=O) groups is 1. The monoisotopic (exact) mass is 485 g/mol. The van der Waals surface area contributed by atoms with E-state index in [0.717, 1.165) is 11.3 Å². The molecule has 0 spiro atoms. The third-order valence-corrected chi connectivity index (χ3v) is 5.17. The summed E-state index contributed by atoms with van der Waals surface area (Å²) >= 11 is 9.64. The predicted molar refractivity (Wildman–Crippen MR) is 118 cm³/mol. The zero-order chi connectivity index (χ0) is 20.9. The van der Waals surface area contributed by atoms with Gasteiger partial charge in [-0.3, -0.25) is 9.48 Å². The average molecular weight is 487 g/mol. The first-order valence-electron chi connectivity index (χ1n) is 9.07. The van der Waals surface area contributed by atoms with Crippen LogP contribution in [0, 0.1) is 0 Å². The van der Waals surface area contributed by atoms with Crippen molar-refractivity contribution < 1.29 is 9.53 Å². The highest BCUT2D eigenvalue weighted by Crippen LogP contribution is 2.23. The van der Waals surface area contributed by atoms with Crippen LogP contribution >= 0.6 is 27.5 Å². The van der Waals surface area contributed by atoms with E-state index in [-0.39, 0.29) is 18.3 Å². The normalized spacial score (nSPS) is 10.7. The molecule has 1 amide bonds. The zero-order valence-electron chi connectivity index (χ0n) is 15.7. The third-order valence-electron chi connectivity index (χ3n) is 4.22. The van der Waals surface area contributed by atoms with Gasteiger partial charge in [-0.05, 0) is 45.8 Å². The van der Waals surface area contributed by atoms with Gasteiger partial charge < -0.3 is 10.1 Å². The molecule has 2 aromatic carbocycles. The molecule has 0 radical (unpaired) electrons. The minimum Gasteiger partial charge on any atom is -0.471 e. The lowest BCUT2D eigenvalue weighted by Crippen LogP contribution is -2.15. The van der Waals surface area contributed by atoms with E-state index in [4.69, 9.17) is 16.3 Å². The summed E-state index contributed by atoms with van der Waals surface area (Å²) < 4.78 is 9.54. The van der Waals surface area contributed by atoms with Gasteiger partial charge in [0.25, 0.3) is 5.91 Å². The predicted octanol–water partition coefficient (Wildman–Crippen LogP) is 4.83. The summed E-state index contributed by atoms with van der Waals surface area (Å²) in [4.78, 5) is 12.6. The molecule has 0 saturated carbocycles. The second-order valence-corrected chi connectivity index (χ2v) is 7.66. The molecule has 7 nitrogen and oxygen atoms in total. The van der Waals surface area contributed by atoms with Gasteiger partial charge in [0.15, 0.2) is 18.2 Å². The summed E-state index contributed by atoms with van der Waals surface area (Å²) in [6.07, 6.45) is 3.47. The Balaban J connectivity index is 1.39. The molecule has 0 unspecified atom stereocenters. The molecule has 2 heterocycles. The van der Waals surface area contributed by atoms with E-state index in [9.17, 15) is 4.79 Å². The Morgan fingerprint density at radius 3 is 2.60 bits per heavy atom. The topological polar surface area (TPSA) is 74.0 Å². The van der Waals surface area contributed by atoms with Crippen LogP contribution in [-0.2, 0) is 13.3 Å². The largest absolute Gasteiger partial charge is 0.471 e. The zero-order valence-corrected chi connectivity index (χ0v) is 18.0. The fourth-order valence-electron chi connectivity index (χ4n) is 2.75. The smallest absolute Gasteiger partial charge is 0.277 e. The van der Waals surface area contributed by atoms with Gasteiger partial charge in [0.1, 0.15) is 5.75 Å². The highest BCUT2D eigenvalue weighted by atomic mass is 79.9. The maximum absolute atomic E-state index is 12.6. The number of halogens is 2. The van der Waals surface area contributed by atoms with Gasteiger partial charge in [0.2, 0.25) is 0 Å². The molecule has 0 aliphatic rings. The van der Waals surface area contributed by atoms with Gasteiger partial charge in [0, 0.05) is 17.4 Å². The van der Waals surface area contributed by atoms with Crippen molar-refractivity contribution in [1.29, 1.82) is 0 Å². The van der Waals surface area contributed by atoms with E-state index in [0.29, 0.717) is 21.9 Å². The fraction of sp³-hybridized carbons (Fsp3) is 0.0952. The van der Waals surface area contributed by atoms with Crippen molar-refractivity contribution in [3.8, 4) is 5.75 Å². The number of carbonyl (C=O) groups excluding carboxylic acids is 1. The number of amides is 1. The number of aromatic nitrogens is 4. The molecule has 0 fully saturated rings. The lowest BCUT2D eigenvalue weighted by molar-refractivity contribution is 0.101. The summed E-state index contributed by atoms with van der Waals surface area (Å²) in [5.74, 6) is 0.770. The number of ether oxygens (including phenoxy) is 1. The first-order valence-corrected chi connectivity index (χ1v) is 10.2. The maximum Gasteiger partial charge on any atom is 0.277 e. The molecule has 0 atom stereocenters. The van der Waals surface area contributed by atoms with Gasteiger partial charge in [0.05, 0.1) is 11.0 Å². The van der Waals surface area contributed by atoms with Crippen LogP contribution in [0.2, 0.25) is 5.02 Å². The van der Waals surface area contributed by atoms with Crippen molar-refractivity contribution in [1.82, 2.24) is 19.6 Å². The standard InChI is InChI=1S/C21H17BrClN5O2/c22-17-13-28(12-15-6-4-5-9-18(15)23)26-20(17)24-21(29)19-10-11-27(25-19)14-30-16-7-2-1-3-8-16/h1-11,13H,12,14H2,(H,24,26,29). The van der Waals surface area contributed by atoms with Gasteiger partial charge in [-0.25, -0.2) is 4.68 Å². The van der Waals surface area contributed by atoms with Crippen LogP contribution in [0.3, 0.4) is 0 Å². The highest BCUT2D eigenvalue weighted by molar-refractivity contribution is 9.10. The lowest BCUT2D eigenvalue weighted by Gasteiger charge is -2.05. The van der Waals surface area contributed by atoms with Crippen molar-refractivity contribution in [3.63, 3.8) is 0 Å². The second-order valence-electron chi connectivity index (χ2n) is 6.40. The van der Waals surface area contributed by atoms with Gasteiger partial charge >= 0.3 is 0 Å². The number of anilines is 1. The number of nitrogens with zero attached hydrogens (tertiary/aromatic N) is 4. The van der Waals surface area contributed by atoms with Crippen molar-refractivity contribution in [2.45, 2.75) is 13.3 Å². The second kappa shape index (κ2) is 9.15. The Kier molecular flexibility index (Phi) is 6.15. The number of nitrogens with one attached hydrogen (secondary N) is 1. The van der Waals surface area contributed by atoms with Crippen molar-refractivity contribution in [2.24, 2.45) is 0 Å². The van der Waals surface area contributed by atoms with Crippen LogP contribution in [0.15, 0.2) is 77.5 Å².